The second kappa shape index (κ2) is 10.2. The lowest BCUT2D eigenvalue weighted by Gasteiger charge is -2.45. The number of nitrogens with two attached hydrogens (primary N) is 2. The Balaban J connectivity index is 1.31. The number of amidine groups is 1. The SMILES string of the molecule is N=C(N)C1CCC2CC(C(=O)NC3CCC(N)CC3)N(CC3CCCC4CCCCC43)C2N1. The minimum atomic E-state index is -0.0576. The van der Waals surface area contributed by atoms with Crippen molar-refractivity contribution in [3.63, 3.8) is 0 Å². The average molecular weight is 459 g/mol. The van der Waals surface area contributed by atoms with Gasteiger partial charge in [-0.1, -0.05) is 32.1 Å². The van der Waals surface area contributed by atoms with E-state index in [2.05, 4.69) is 15.5 Å². The maximum absolute atomic E-state index is 13.6. The normalized spacial score (nSPS) is 44.0. The van der Waals surface area contributed by atoms with Crippen molar-refractivity contribution in [3.05, 3.63) is 0 Å². The van der Waals surface area contributed by atoms with Crippen LogP contribution in [0.5, 0.6) is 0 Å². The second-order valence-corrected chi connectivity index (χ2v) is 11.9. The van der Waals surface area contributed by atoms with E-state index in [0.29, 0.717) is 17.9 Å². The van der Waals surface area contributed by atoms with Gasteiger partial charge in [-0.15, -0.1) is 0 Å². The van der Waals surface area contributed by atoms with Gasteiger partial charge in [0.2, 0.25) is 5.91 Å². The van der Waals surface area contributed by atoms with Crippen LogP contribution in [-0.2, 0) is 4.79 Å². The minimum absolute atomic E-state index is 0.0517. The Kier molecular flexibility index (Phi) is 7.29. The standard InChI is InChI=1S/C26H46N6O/c27-19-9-11-20(12-10-19)30-26(33)23-14-17-8-13-22(24(28)29)31-25(17)32(23)15-18-6-3-5-16-4-1-2-7-21(16)18/h16-23,25,31H,1-15,27H2,(H3,28,29)(H,30,33). The van der Waals surface area contributed by atoms with Crippen molar-refractivity contribution in [2.24, 2.45) is 35.1 Å². The van der Waals surface area contributed by atoms with Gasteiger partial charge >= 0.3 is 0 Å². The van der Waals surface area contributed by atoms with Crippen LogP contribution in [0.15, 0.2) is 0 Å². The molecule has 5 fully saturated rings. The van der Waals surface area contributed by atoms with Crippen LogP contribution in [0.25, 0.3) is 0 Å². The number of hydrogen-bond acceptors (Lipinski definition) is 5. The van der Waals surface area contributed by atoms with Crippen molar-refractivity contribution in [3.8, 4) is 0 Å². The van der Waals surface area contributed by atoms with E-state index in [1.165, 1.54) is 44.9 Å². The van der Waals surface area contributed by atoms with Gasteiger partial charge in [-0.05, 0) is 81.5 Å². The van der Waals surface area contributed by atoms with Gasteiger partial charge in [-0.25, -0.2) is 0 Å². The topological polar surface area (TPSA) is 120 Å². The summed E-state index contributed by atoms with van der Waals surface area (Å²) in [6.07, 6.45) is 16.7. The molecule has 0 aromatic rings. The van der Waals surface area contributed by atoms with Crippen molar-refractivity contribution in [2.45, 2.75) is 120 Å². The number of rotatable bonds is 5. The lowest BCUT2D eigenvalue weighted by molar-refractivity contribution is -0.127. The molecule has 0 radical (unpaired) electrons. The summed E-state index contributed by atoms with van der Waals surface area (Å²) in [5.41, 5.74) is 12.0. The zero-order chi connectivity index (χ0) is 22.9. The molecule has 3 saturated carbocycles. The second-order valence-electron chi connectivity index (χ2n) is 11.9. The van der Waals surface area contributed by atoms with Gasteiger partial charge in [0.05, 0.1) is 18.2 Å². The zero-order valence-corrected chi connectivity index (χ0v) is 20.3. The Morgan fingerprint density at radius 2 is 1.70 bits per heavy atom. The van der Waals surface area contributed by atoms with Crippen molar-refractivity contribution in [1.82, 2.24) is 15.5 Å². The Labute approximate surface area is 199 Å². The highest BCUT2D eigenvalue weighted by Crippen LogP contribution is 2.46. The highest BCUT2D eigenvalue weighted by Gasteiger charge is 2.49. The number of nitrogens with zero attached hydrogens (tertiary/aromatic N) is 1. The zero-order valence-electron chi connectivity index (χ0n) is 20.3. The summed E-state index contributed by atoms with van der Waals surface area (Å²) in [7, 11) is 0. The first-order valence-electron chi connectivity index (χ1n) is 13.9. The molecule has 0 spiro atoms. The van der Waals surface area contributed by atoms with Crippen LogP contribution in [0, 0.1) is 29.1 Å². The summed E-state index contributed by atoms with van der Waals surface area (Å²) in [5.74, 6) is 3.38. The van der Waals surface area contributed by atoms with Crippen LogP contribution < -0.4 is 22.1 Å². The predicted octanol–water partition coefficient (Wildman–Crippen LogP) is 2.68. The maximum Gasteiger partial charge on any atom is 0.237 e. The van der Waals surface area contributed by atoms with E-state index in [4.69, 9.17) is 16.9 Å². The number of likely N-dealkylation sites (tertiary alicyclic amines) is 1. The molecule has 0 aromatic heterocycles. The molecule has 33 heavy (non-hydrogen) atoms. The van der Waals surface area contributed by atoms with Gasteiger partial charge in [0.15, 0.2) is 0 Å². The summed E-state index contributed by atoms with van der Waals surface area (Å²) in [6.45, 7) is 1.02. The molecular formula is C26H46N6O. The molecule has 1 amide bonds. The van der Waals surface area contributed by atoms with Crippen LogP contribution in [0.2, 0.25) is 0 Å². The molecule has 0 aromatic carbocycles. The Bertz CT molecular complexity index is 705. The highest BCUT2D eigenvalue weighted by atomic mass is 16.2. The largest absolute Gasteiger partial charge is 0.386 e. The molecule has 2 aliphatic heterocycles. The van der Waals surface area contributed by atoms with Crippen LogP contribution >= 0.6 is 0 Å². The molecule has 7 heteroatoms. The number of hydrogen-bond donors (Lipinski definition) is 5. The summed E-state index contributed by atoms with van der Waals surface area (Å²) < 4.78 is 0. The van der Waals surface area contributed by atoms with E-state index in [9.17, 15) is 4.79 Å². The van der Waals surface area contributed by atoms with Crippen molar-refractivity contribution >= 4 is 11.7 Å². The Hall–Kier alpha value is -1.18. The maximum atomic E-state index is 13.6. The molecule has 7 nitrogen and oxygen atoms in total. The quantitative estimate of drug-likeness (QED) is 0.320. The van der Waals surface area contributed by atoms with Crippen LogP contribution in [-0.4, -0.2) is 53.5 Å². The monoisotopic (exact) mass is 458 g/mol. The molecule has 2 heterocycles. The number of fused-ring (bicyclic) bond motifs is 2. The average Bonchev–Trinajstić information content (AvgIpc) is 3.18. The van der Waals surface area contributed by atoms with Gasteiger partial charge in [-0.2, -0.15) is 0 Å². The lowest BCUT2D eigenvalue weighted by Crippen LogP contribution is -2.60. The van der Waals surface area contributed by atoms with Crippen LogP contribution in [0.3, 0.4) is 0 Å². The molecule has 0 bridgehead atoms. The number of carbonyl (C=O) groups excluding carboxylic acids is 1. The minimum Gasteiger partial charge on any atom is -0.386 e. The van der Waals surface area contributed by atoms with Crippen molar-refractivity contribution < 1.29 is 4.79 Å². The molecule has 5 aliphatic rings. The highest BCUT2D eigenvalue weighted by molar-refractivity contribution is 5.84. The first-order valence-corrected chi connectivity index (χ1v) is 13.9. The first-order chi connectivity index (χ1) is 16.0. The van der Waals surface area contributed by atoms with E-state index in [-0.39, 0.29) is 36.0 Å². The van der Waals surface area contributed by atoms with E-state index in [1.54, 1.807) is 0 Å². The fourth-order valence-corrected chi connectivity index (χ4v) is 8.07. The molecule has 2 saturated heterocycles. The molecule has 186 valence electrons. The van der Waals surface area contributed by atoms with E-state index < -0.39 is 0 Å². The molecular weight excluding hydrogens is 412 g/mol. The third kappa shape index (κ3) is 5.10. The molecule has 5 rings (SSSR count). The molecule has 3 aliphatic carbocycles. The Morgan fingerprint density at radius 3 is 2.48 bits per heavy atom. The molecule has 7 N–H and O–H groups in total. The number of carbonyl (C=O) groups is 1. The van der Waals surface area contributed by atoms with E-state index >= 15 is 0 Å². The van der Waals surface area contributed by atoms with Crippen molar-refractivity contribution in [2.75, 3.05) is 6.54 Å². The number of amides is 1. The van der Waals surface area contributed by atoms with Gasteiger partial charge < -0.3 is 16.8 Å². The fourth-order valence-electron chi connectivity index (χ4n) is 8.07. The number of nitrogens with one attached hydrogen (secondary N) is 3. The summed E-state index contributed by atoms with van der Waals surface area (Å²) in [5, 5.41) is 15.1. The van der Waals surface area contributed by atoms with Crippen molar-refractivity contribution in [1.29, 1.82) is 5.41 Å². The summed E-state index contributed by atoms with van der Waals surface area (Å²) >= 11 is 0. The van der Waals surface area contributed by atoms with E-state index in [1.807, 2.05) is 0 Å². The van der Waals surface area contributed by atoms with Crippen LogP contribution in [0.1, 0.15) is 89.9 Å². The van der Waals surface area contributed by atoms with E-state index in [0.717, 1.165) is 63.3 Å². The predicted molar refractivity (Wildman–Crippen MR) is 132 cm³/mol. The van der Waals surface area contributed by atoms with Gasteiger partial charge in [0.1, 0.15) is 5.84 Å². The fraction of sp³-hybridized carbons (Fsp3) is 0.923. The van der Waals surface area contributed by atoms with Gasteiger partial charge in [0.25, 0.3) is 0 Å². The first kappa shape index (κ1) is 23.6. The number of piperidine rings is 1. The summed E-state index contributed by atoms with van der Waals surface area (Å²) in [6, 6.07) is 0.463. The van der Waals surface area contributed by atoms with Crippen LogP contribution in [0.4, 0.5) is 0 Å². The smallest absolute Gasteiger partial charge is 0.237 e. The van der Waals surface area contributed by atoms with Gasteiger partial charge in [0, 0.05) is 18.6 Å². The summed E-state index contributed by atoms with van der Waals surface area (Å²) in [4.78, 5) is 16.1. The molecule has 7 atom stereocenters. The Morgan fingerprint density at radius 1 is 0.939 bits per heavy atom. The molecule has 7 unspecified atom stereocenters. The van der Waals surface area contributed by atoms with Gasteiger partial charge in [-0.3, -0.25) is 20.4 Å². The third-order valence-corrected chi connectivity index (χ3v) is 9.89. The third-order valence-electron chi connectivity index (χ3n) is 9.89. The lowest BCUT2D eigenvalue weighted by atomic mass is 9.65.